The molecule has 0 aromatic rings. The minimum absolute atomic E-state index is 0.0158. The van der Waals surface area contributed by atoms with Crippen LogP contribution in [0.5, 0.6) is 0 Å². The minimum atomic E-state index is -3.94. The molecule has 0 radical (unpaired) electrons. The van der Waals surface area contributed by atoms with Crippen molar-refractivity contribution >= 4 is 8.58 Å². The molecule has 0 heterocycles. The van der Waals surface area contributed by atoms with Crippen LogP contribution in [0.25, 0.3) is 0 Å². The Bertz CT molecular complexity index is 48.6. The molecule has 0 rings (SSSR count). The van der Waals surface area contributed by atoms with Gasteiger partial charge in [-0.3, -0.25) is 0 Å². The van der Waals surface area contributed by atoms with Gasteiger partial charge < -0.3 is 0 Å². The molecule has 0 bridgehead atoms. The van der Waals surface area contributed by atoms with Crippen LogP contribution < -0.4 is 0 Å². The van der Waals surface area contributed by atoms with Crippen LogP contribution in [0.4, 0.5) is 13.2 Å². The zero-order valence-corrected chi connectivity index (χ0v) is 4.84. The predicted octanol–water partition coefficient (Wildman–Crippen LogP) is 1.86. The molecule has 0 saturated carbocycles. The fraction of sp³-hybridized carbons (Fsp3) is 1.00. The Labute approximate surface area is 41.9 Å². The summed E-state index contributed by atoms with van der Waals surface area (Å²) in [5, 5.41) is 0. The average Bonchev–Trinajstić information content (AvgIpc) is 1.30. The van der Waals surface area contributed by atoms with Gasteiger partial charge in [0.2, 0.25) is 0 Å². The summed E-state index contributed by atoms with van der Waals surface area (Å²) < 4.78 is 33.2. The minimum Gasteiger partial charge on any atom is -0.171 e. The molecule has 7 heavy (non-hydrogen) atoms. The summed E-state index contributed by atoms with van der Waals surface area (Å²) in [5.74, 6) is 0. The number of hydrogen-bond donors (Lipinski definition) is 0. The summed E-state index contributed by atoms with van der Waals surface area (Å²) in [4.78, 5) is 0. The SMILES string of the molecule is CPCC(F)(F)F. The Morgan fingerprint density at radius 1 is 1.43 bits per heavy atom. The van der Waals surface area contributed by atoms with Crippen LogP contribution in [0.3, 0.4) is 0 Å². The van der Waals surface area contributed by atoms with Crippen LogP contribution >= 0.6 is 8.58 Å². The first-order valence-electron chi connectivity index (χ1n) is 1.77. The van der Waals surface area contributed by atoms with Crippen molar-refractivity contribution < 1.29 is 13.2 Å². The van der Waals surface area contributed by atoms with E-state index in [0.29, 0.717) is 0 Å². The van der Waals surface area contributed by atoms with Crippen molar-refractivity contribution in [3.05, 3.63) is 0 Å². The topological polar surface area (TPSA) is 0 Å². The molecule has 0 amide bonds. The van der Waals surface area contributed by atoms with Gasteiger partial charge >= 0.3 is 6.18 Å². The van der Waals surface area contributed by atoms with E-state index in [0.717, 1.165) is 0 Å². The molecule has 4 heteroatoms. The van der Waals surface area contributed by atoms with Crippen LogP contribution in [-0.2, 0) is 0 Å². The largest absolute Gasteiger partial charge is 0.392 e. The van der Waals surface area contributed by atoms with E-state index in [2.05, 4.69) is 0 Å². The third kappa shape index (κ3) is 6.22. The van der Waals surface area contributed by atoms with Crippen molar-refractivity contribution in [2.24, 2.45) is 0 Å². The van der Waals surface area contributed by atoms with Gasteiger partial charge in [-0.15, -0.1) is 8.58 Å². The quantitative estimate of drug-likeness (QED) is 0.475. The normalized spacial score (nSPS) is 13.7. The second-order valence-electron chi connectivity index (χ2n) is 1.15. The third-order valence-electron chi connectivity index (χ3n) is 0.377. The monoisotopic (exact) mass is 130 g/mol. The first-order valence-corrected chi connectivity index (χ1v) is 3.48. The Balaban J connectivity index is 3.15. The Hall–Kier alpha value is 0.220. The second-order valence-corrected chi connectivity index (χ2v) is 2.21. The zero-order valence-electron chi connectivity index (χ0n) is 3.84. The lowest BCUT2D eigenvalue weighted by atomic mass is 10.8. The molecule has 1 unspecified atom stereocenters. The lowest BCUT2D eigenvalue weighted by Gasteiger charge is -2.00. The number of hydrogen-bond acceptors (Lipinski definition) is 0. The van der Waals surface area contributed by atoms with Crippen molar-refractivity contribution in [1.82, 2.24) is 0 Å². The van der Waals surface area contributed by atoms with Crippen molar-refractivity contribution in [2.45, 2.75) is 6.18 Å². The predicted molar refractivity (Wildman–Crippen MR) is 25.2 cm³/mol. The van der Waals surface area contributed by atoms with Gasteiger partial charge in [-0.2, -0.15) is 13.2 Å². The average molecular weight is 130 g/mol. The smallest absolute Gasteiger partial charge is 0.171 e. The van der Waals surface area contributed by atoms with Gasteiger partial charge in [0.25, 0.3) is 0 Å². The summed E-state index contributed by atoms with van der Waals surface area (Å²) in [5.41, 5.74) is 0. The summed E-state index contributed by atoms with van der Waals surface area (Å²) >= 11 is 0. The maximum Gasteiger partial charge on any atom is 0.392 e. The van der Waals surface area contributed by atoms with Gasteiger partial charge in [-0.1, -0.05) is 0 Å². The first kappa shape index (κ1) is 7.22. The fourth-order valence-corrected chi connectivity index (χ4v) is 0.601. The Morgan fingerprint density at radius 2 is 1.86 bits per heavy atom. The van der Waals surface area contributed by atoms with Crippen LogP contribution in [0.2, 0.25) is 0 Å². The summed E-state index contributed by atoms with van der Waals surface area (Å²) in [6.07, 6.45) is -4.57. The number of rotatable bonds is 1. The molecule has 0 spiro atoms. The first-order chi connectivity index (χ1) is 3.06. The summed E-state index contributed by atoms with van der Waals surface area (Å²) in [6.45, 7) is 1.54. The standard InChI is InChI=1S/C3H6F3P/c1-7-2-3(4,5)6/h7H,2H2,1H3. The highest BCUT2D eigenvalue weighted by Gasteiger charge is 2.24. The van der Waals surface area contributed by atoms with Gasteiger partial charge in [0.05, 0.1) is 6.16 Å². The van der Waals surface area contributed by atoms with E-state index in [9.17, 15) is 13.2 Å². The molecule has 0 saturated heterocycles. The molecular weight excluding hydrogens is 124 g/mol. The third-order valence-corrected chi connectivity index (χ3v) is 1.13. The van der Waals surface area contributed by atoms with Gasteiger partial charge in [0.15, 0.2) is 0 Å². The van der Waals surface area contributed by atoms with Gasteiger partial charge in [0, 0.05) is 0 Å². The van der Waals surface area contributed by atoms with Gasteiger partial charge in [-0.05, 0) is 6.66 Å². The van der Waals surface area contributed by atoms with Crippen LogP contribution in [0.1, 0.15) is 0 Å². The lowest BCUT2D eigenvalue weighted by Crippen LogP contribution is -2.08. The van der Waals surface area contributed by atoms with Gasteiger partial charge in [0.1, 0.15) is 0 Å². The number of halogens is 3. The number of alkyl halides is 3. The van der Waals surface area contributed by atoms with Crippen molar-refractivity contribution in [2.75, 3.05) is 12.8 Å². The van der Waals surface area contributed by atoms with E-state index in [-0.39, 0.29) is 8.58 Å². The van der Waals surface area contributed by atoms with E-state index in [4.69, 9.17) is 0 Å². The molecule has 0 N–H and O–H groups in total. The Morgan fingerprint density at radius 3 is 1.86 bits per heavy atom. The molecule has 44 valence electrons. The van der Waals surface area contributed by atoms with Crippen LogP contribution in [0.15, 0.2) is 0 Å². The lowest BCUT2D eigenvalue weighted by molar-refractivity contribution is -0.105. The van der Waals surface area contributed by atoms with Crippen LogP contribution in [-0.4, -0.2) is 19.0 Å². The molecule has 0 aliphatic carbocycles. The van der Waals surface area contributed by atoms with E-state index >= 15 is 0 Å². The van der Waals surface area contributed by atoms with E-state index in [1.54, 1.807) is 0 Å². The molecule has 0 nitrogen and oxygen atoms in total. The Kier molecular flexibility index (Phi) is 2.59. The molecule has 0 aliphatic rings. The molecule has 0 aliphatic heterocycles. The van der Waals surface area contributed by atoms with E-state index < -0.39 is 12.3 Å². The highest BCUT2D eigenvalue weighted by molar-refractivity contribution is 7.37. The highest BCUT2D eigenvalue weighted by atomic mass is 31.1. The van der Waals surface area contributed by atoms with Crippen LogP contribution in [0, 0.1) is 0 Å². The molecule has 0 aromatic heterocycles. The molecule has 0 aromatic carbocycles. The maximum absolute atomic E-state index is 11.1. The van der Waals surface area contributed by atoms with E-state index in [1.165, 1.54) is 6.66 Å². The summed E-state index contributed by atoms with van der Waals surface area (Å²) in [6, 6.07) is 0. The second kappa shape index (κ2) is 2.51. The highest BCUT2D eigenvalue weighted by Crippen LogP contribution is 2.22. The van der Waals surface area contributed by atoms with Crippen molar-refractivity contribution in [3.8, 4) is 0 Å². The summed E-state index contributed by atoms with van der Waals surface area (Å²) in [7, 11) is -0.0158. The molecular formula is C3H6F3P. The maximum atomic E-state index is 11.1. The van der Waals surface area contributed by atoms with Crippen molar-refractivity contribution in [1.29, 1.82) is 0 Å². The van der Waals surface area contributed by atoms with Crippen molar-refractivity contribution in [3.63, 3.8) is 0 Å². The molecule has 1 atom stereocenters. The van der Waals surface area contributed by atoms with E-state index in [1.807, 2.05) is 0 Å². The zero-order chi connectivity index (χ0) is 5.91. The fourth-order valence-electron chi connectivity index (χ4n) is 0.200. The van der Waals surface area contributed by atoms with Gasteiger partial charge in [-0.25, -0.2) is 0 Å². The molecule has 0 fully saturated rings.